The van der Waals surface area contributed by atoms with E-state index in [4.69, 9.17) is 4.42 Å². The van der Waals surface area contributed by atoms with E-state index >= 15 is 0 Å². The Labute approximate surface area is 382 Å². The van der Waals surface area contributed by atoms with E-state index in [1.54, 1.807) is 0 Å². The molecular weight excluding hydrogens is 801 g/mol. The highest BCUT2D eigenvalue weighted by atomic mass is 16.3. The Bertz CT molecular complexity index is 4110. The number of rotatable bonds is 5. The van der Waals surface area contributed by atoms with Crippen molar-refractivity contribution >= 4 is 65.6 Å². The molecule has 3 aromatic heterocycles. The number of hydrogen-bond acceptors (Lipinski definition) is 1. The van der Waals surface area contributed by atoms with Crippen molar-refractivity contribution in [2.45, 2.75) is 19.3 Å². The standard InChI is InChI=1S/C63H42N2O/c1-63(2)54-22-11-9-19-52(54)60-55(63)34-33-51-50-21-13-20-46(61(50)66-62(51)60)40-26-24-39(25-27-40)41-30-35-57-53(36-41)49-32-29-43(38-59(49)65(57)45-16-7-4-8-17-45)42-28-31-48-47-18-10-12-23-56(47)64(58(48)37-42)44-14-5-3-6-15-44/h3-38H,1-2H3. The molecule has 310 valence electrons. The van der Waals surface area contributed by atoms with Gasteiger partial charge in [-0.3, -0.25) is 0 Å². The van der Waals surface area contributed by atoms with Gasteiger partial charge in [0.2, 0.25) is 0 Å². The summed E-state index contributed by atoms with van der Waals surface area (Å²) in [5.74, 6) is 0. The van der Waals surface area contributed by atoms with Gasteiger partial charge in [-0.05, 0) is 99.1 Å². The van der Waals surface area contributed by atoms with Gasteiger partial charge in [-0.1, -0.05) is 178 Å². The first-order valence-electron chi connectivity index (χ1n) is 22.9. The third-order valence-electron chi connectivity index (χ3n) is 14.5. The molecule has 3 heteroatoms. The lowest BCUT2D eigenvalue weighted by atomic mass is 9.82. The Morgan fingerprint density at radius 3 is 1.55 bits per heavy atom. The van der Waals surface area contributed by atoms with Crippen molar-refractivity contribution in [1.29, 1.82) is 0 Å². The van der Waals surface area contributed by atoms with Crippen LogP contribution in [0, 0.1) is 0 Å². The number of furan rings is 1. The molecule has 0 saturated heterocycles. The molecule has 0 aliphatic heterocycles. The van der Waals surface area contributed by atoms with Gasteiger partial charge in [-0.15, -0.1) is 0 Å². The van der Waals surface area contributed by atoms with Gasteiger partial charge in [0.05, 0.1) is 22.1 Å². The average Bonchev–Trinajstić information content (AvgIpc) is 4.09. The predicted octanol–water partition coefficient (Wildman–Crippen LogP) is 17.1. The van der Waals surface area contributed by atoms with Gasteiger partial charge in [-0.2, -0.15) is 0 Å². The smallest absolute Gasteiger partial charge is 0.143 e. The molecule has 0 saturated carbocycles. The van der Waals surface area contributed by atoms with Crippen molar-refractivity contribution in [1.82, 2.24) is 9.13 Å². The van der Waals surface area contributed by atoms with E-state index in [1.165, 1.54) is 88.1 Å². The molecule has 13 aromatic rings. The molecule has 1 aliphatic rings. The van der Waals surface area contributed by atoms with Gasteiger partial charge in [0, 0.05) is 60.2 Å². The summed E-state index contributed by atoms with van der Waals surface area (Å²) >= 11 is 0. The van der Waals surface area contributed by atoms with Crippen LogP contribution in [0.1, 0.15) is 25.0 Å². The summed E-state index contributed by atoms with van der Waals surface area (Å²) in [5, 5.41) is 7.28. The van der Waals surface area contributed by atoms with Crippen LogP contribution in [0.25, 0.3) is 121 Å². The maximum Gasteiger partial charge on any atom is 0.143 e. The zero-order chi connectivity index (χ0) is 43.7. The molecule has 0 radical (unpaired) electrons. The Kier molecular flexibility index (Phi) is 7.74. The first kappa shape index (κ1) is 37.0. The molecule has 1 aliphatic carbocycles. The van der Waals surface area contributed by atoms with Gasteiger partial charge in [-0.25, -0.2) is 0 Å². The number of benzene rings is 10. The quantitative estimate of drug-likeness (QED) is 0.169. The Hall–Kier alpha value is -8.40. The summed E-state index contributed by atoms with van der Waals surface area (Å²) in [4.78, 5) is 0. The lowest BCUT2D eigenvalue weighted by Crippen LogP contribution is -2.14. The predicted molar refractivity (Wildman–Crippen MR) is 276 cm³/mol. The first-order chi connectivity index (χ1) is 32.5. The minimum atomic E-state index is -0.0807. The van der Waals surface area contributed by atoms with Crippen LogP contribution in [0.2, 0.25) is 0 Å². The SMILES string of the molecule is CC1(C)c2ccccc2-c2c1ccc1c2oc2c(-c3ccc(-c4ccc5c(c4)c4ccc(-c6ccc7c8ccccc8n(-c8ccccc8)c7c6)cc4n5-c4ccccc4)cc3)cccc21. The Morgan fingerprint density at radius 1 is 0.318 bits per heavy atom. The van der Waals surface area contributed by atoms with Crippen molar-refractivity contribution in [3.63, 3.8) is 0 Å². The van der Waals surface area contributed by atoms with E-state index in [0.29, 0.717) is 0 Å². The second-order valence-electron chi connectivity index (χ2n) is 18.5. The summed E-state index contributed by atoms with van der Waals surface area (Å²) in [6.45, 7) is 4.64. The van der Waals surface area contributed by atoms with E-state index in [-0.39, 0.29) is 5.41 Å². The van der Waals surface area contributed by atoms with Crippen molar-refractivity contribution in [3.8, 4) is 55.9 Å². The largest absolute Gasteiger partial charge is 0.455 e. The molecule has 3 heterocycles. The van der Waals surface area contributed by atoms with Crippen molar-refractivity contribution in [2.75, 3.05) is 0 Å². The molecule has 0 amide bonds. The number of nitrogens with zero attached hydrogens (tertiary/aromatic N) is 2. The van der Waals surface area contributed by atoms with E-state index in [9.17, 15) is 0 Å². The number of aromatic nitrogens is 2. The topological polar surface area (TPSA) is 23.0 Å². The minimum Gasteiger partial charge on any atom is -0.455 e. The Balaban J connectivity index is 0.873. The van der Waals surface area contributed by atoms with Crippen LogP contribution in [0.3, 0.4) is 0 Å². The zero-order valence-corrected chi connectivity index (χ0v) is 36.6. The van der Waals surface area contributed by atoms with Crippen LogP contribution < -0.4 is 0 Å². The fourth-order valence-electron chi connectivity index (χ4n) is 11.4. The third-order valence-corrected chi connectivity index (χ3v) is 14.5. The van der Waals surface area contributed by atoms with Gasteiger partial charge < -0.3 is 13.6 Å². The fourth-order valence-corrected chi connectivity index (χ4v) is 11.4. The average molecular weight is 843 g/mol. The molecular formula is C63H42N2O. The maximum atomic E-state index is 6.96. The van der Waals surface area contributed by atoms with E-state index in [2.05, 4.69) is 241 Å². The van der Waals surface area contributed by atoms with Crippen LogP contribution in [-0.4, -0.2) is 9.13 Å². The normalized spacial score (nSPS) is 13.1. The van der Waals surface area contributed by atoms with Crippen molar-refractivity contribution < 1.29 is 4.42 Å². The number of hydrogen-bond donors (Lipinski definition) is 0. The van der Waals surface area contributed by atoms with Crippen LogP contribution in [0.5, 0.6) is 0 Å². The van der Waals surface area contributed by atoms with Crippen molar-refractivity contribution in [3.05, 3.63) is 230 Å². The molecule has 0 fully saturated rings. The summed E-state index contributed by atoms with van der Waals surface area (Å²) in [6.07, 6.45) is 0. The zero-order valence-electron chi connectivity index (χ0n) is 36.6. The van der Waals surface area contributed by atoms with Crippen LogP contribution >= 0.6 is 0 Å². The van der Waals surface area contributed by atoms with Crippen LogP contribution in [-0.2, 0) is 5.41 Å². The molecule has 3 nitrogen and oxygen atoms in total. The van der Waals surface area contributed by atoms with Gasteiger partial charge in [0.1, 0.15) is 11.2 Å². The highest BCUT2D eigenvalue weighted by Crippen LogP contribution is 2.53. The lowest BCUT2D eigenvalue weighted by molar-refractivity contribution is 0.653. The highest BCUT2D eigenvalue weighted by Gasteiger charge is 2.37. The van der Waals surface area contributed by atoms with Crippen LogP contribution in [0.4, 0.5) is 0 Å². The molecule has 0 spiro atoms. The summed E-state index contributed by atoms with van der Waals surface area (Å²) in [5.41, 5.74) is 21.1. The Morgan fingerprint density at radius 2 is 0.818 bits per heavy atom. The van der Waals surface area contributed by atoms with E-state index in [0.717, 1.165) is 44.4 Å². The second-order valence-corrected chi connectivity index (χ2v) is 18.5. The first-order valence-corrected chi connectivity index (χ1v) is 22.9. The molecule has 0 N–H and O–H groups in total. The number of para-hydroxylation sites is 4. The second kappa shape index (κ2) is 13.8. The fraction of sp³-hybridized carbons (Fsp3) is 0.0476. The summed E-state index contributed by atoms with van der Waals surface area (Å²) < 4.78 is 11.8. The molecule has 0 unspecified atom stereocenters. The van der Waals surface area contributed by atoms with Gasteiger partial charge >= 0.3 is 0 Å². The molecule has 10 aromatic carbocycles. The van der Waals surface area contributed by atoms with Crippen molar-refractivity contribution in [2.24, 2.45) is 0 Å². The van der Waals surface area contributed by atoms with Gasteiger partial charge in [0.15, 0.2) is 0 Å². The summed E-state index contributed by atoms with van der Waals surface area (Å²) in [6, 6.07) is 80.0. The van der Waals surface area contributed by atoms with E-state index < -0.39 is 0 Å². The maximum absolute atomic E-state index is 6.96. The highest BCUT2D eigenvalue weighted by molar-refractivity contribution is 6.15. The monoisotopic (exact) mass is 842 g/mol. The van der Waals surface area contributed by atoms with E-state index in [1.807, 2.05) is 0 Å². The molecule has 14 rings (SSSR count). The number of fused-ring (bicyclic) bond motifs is 13. The molecule has 0 bridgehead atoms. The minimum absolute atomic E-state index is 0.0807. The molecule has 0 atom stereocenters. The molecule has 66 heavy (non-hydrogen) atoms. The summed E-state index contributed by atoms with van der Waals surface area (Å²) in [7, 11) is 0. The van der Waals surface area contributed by atoms with Gasteiger partial charge in [0.25, 0.3) is 0 Å². The third kappa shape index (κ3) is 5.26. The lowest BCUT2D eigenvalue weighted by Gasteiger charge is -2.21. The van der Waals surface area contributed by atoms with Crippen LogP contribution in [0.15, 0.2) is 223 Å².